The summed E-state index contributed by atoms with van der Waals surface area (Å²) in [6, 6.07) is 18.9. The van der Waals surface area contributed by atoms with Crippen LogP contribution in [0, 0.1) is 5.82 Å². The van der Waals surface area contributed by atoms with Crippen LogP contribution in [0.3, 0.4) is 0 Å². The molecule has 34 heavy (non-hydrogen) atoms. The summed E-state index contributed by atoms with van der Waals surface area (Å²) in [6.45, 7) is 2.01. The molecule has 0 atom stereocenters. The fraction of sp³-hybridized carbons (Fsp3) is 0.346. The van der Waals surface area contributed by atoms with Gasteiger partial charge in [-0.05, 0) is 53.4 Å². The number of nitrogens with zero attached hydrogens (tertiary/aromatic N) is 2. The van der Waals surface area contributed by atoms with Crippen molar-refractivity contribution >= 4 is 26.7 Å². The SMILES string of the molecule is O=C(N1CCN(S(=O)(=O)c2ccc3ccccc3c2)CC1)C1(c2ccc(F)cc2)CCOCC1. The molecule has 2 heterocycles. The number of benzene rings is 3. The second-order valence-corrected chi connectivity index (χ2v) is 10.8. The molecule has 3 aromatic rings. The molecule has 0 radical (unpaired) electrons. The molecule has 0 aromatic heterocycles. The van der Waals surface area contributed by atoms with Gasteiger partial charge >= 0.3 is 0 Å². The third-order valence-electron chi connectivity index (χ3n) is 7.04. The fourth-order valence-electron chi connectivity index (χ4n) is 5.03. The van der Waals surface area contributed by atoms with Crippen molar-refractivity contribution < 1.29 is 22.3 Å². The first-order valence-electron chi connectivity index (χ1n) is 11.5. The Morgan fingerprint density at radius 3 is 2.18 bits per heavy atom. The van der Waals surface area contributed by atoms with Crippen LogP contribution in [0.2, 0.25) is 0 Å². The summed E-state index contributed by atoms with van der Waals surface area (Å²) in [7, 11) is -3.67. The summed E-state index contributed by atoms with van der Waals surface area (Å²) in [4.78, 5) is 15.8. The van der Waals surface area contributed by atoms with E-state index in [1.54, 1.807) is 29.2 Å². The van der Waals surface area contributed by atoms with E-state index in [1.807, 2.05) is 30.3 Å². The Morgan fingerprint density at radius 2 is 1.50 bits per heavy atom. The first-order valence-corrected chi connectivity index (χ1v) is 13.0. The first kappa shape index (κ1) is 23.0. The zero-order chi connectivity index (χ0) is 23.8. The molecule has 0 saturated carbocycles. The van der Waals surface area contributed by atoms with E-state index < -0.39 is 15.4 Å². The number of sulfonamides is 1. The second kappa shape index (κ2) is 9.09. The van der Waals surface area contributed by atoms with Gasteiger partial charge in [-0.15, -0.1) is 0 Å². The highest BCUT2D eigenvalue weighted by Gasteiger charge is 2.45. The second-order valence-electron chi connectivity index (χ2n) is 8.91. The summed E-state index contributed by atoms with van der Waals surface area (Å²) in [5.41, 5.74) is 0.0131. The van der Waals surface area contributed by atoms with E-state index in [4.69, 9.17) is 4.74 Å². The number of hydrogen-bond donors (Lipinski definition) is 0. The lowest BCUT2D eigenvalue weighted by molar-refractivity contribution is -0.142. The van der Waals surface area contributed by atoms with Crippen LogP contribution in [-0.4, -0.2) is 62.9 Å². The van der Waals surface area contributed by atoms with Gasteiger partial charge in [-0.3, -0.25) is 4.79 Å². The number of ether oxygens (including phenoxy) is 1. The Bertz CT molecular complexity index is 1300. The maximum atomic E-state index is 13.7. The van der Waals surface area contributed by atoms with Crippen LogP contribution in [0.5, 0.6) is 0 Å². The van der Waals surface area contributed by atoms with Gasteiger partial charge in [-0.2, -0.15) is 4.31 Å². The number of amides is 1. The third kappa shape index (κ3) is 4.10. The zero-order valence-electron chi connectivity index (χ0n) is 18.8. The number of fused-ring (bicyclic) bond motifs is 1. The van der Waals surface area contributed by atoms with Crippen LogP contribution >= 0.6 is 0 Å². The molecule has 2 aliphatic rings. The molecule has 8 heteroatoms. The predicted molar refractivity (Wildman–Crippen MR) is 127 cm³/mol. The number of hydrogen-bond acceptors (Lipinski definition) is 4. The summed E-state index contributed by atoms with van der Waals surface area (Å²) < 4.78 is 47.1. The number of rotatable bonds is 4. The molecule has 3 aromatic carbocycles. The highest BCUT2D eigenvalue weighted by Crippen LogP contribution is 2.37. The average molecular weight is 483 g/mol. The predicted octanol–water partition coefficient (Wildman–Crippen LogP) is 3.56. The van der Waals surface area contributed by atoms with Crippen LogP contribution in [0.25, 0.3) is 10.8 Å². The van der Waals surface area contributed by atoms with Crippen LogP contribution in [0.4, 0.5) is 4.39 Å². The molecule has 2 aliphatic heterocycles. The van der Waals surface area contributed by atoms with E-state index in [9.17, 15) is 17.6 Å². The maximum Gasteiger partial charge on any atom is 0.243 e. The van der Waals surface area contributed by atoms with Gasteiger partial charge in [-0.1, -0.05) is 42.5 Å². The van der Waals surface area contributed by atoms with Gasteiger partial charge in [0.25, 0.3) is 0 Å². The van der Waals surface area contributed by atoms with Crippen LogP contribution in [-0.2, 0) is 25.0 Å². The van der Waals surface area contributed by atoms with Gasteiger partial charge in [0.2, 0.25) is 15.9 Å². The summed E-state index contributed by atoms with van der Waals surface area (Å²) in [6.07, 6.45) is 1.04. The van der Waals surface area contributed by atoms with E-state index >= 15 is 0 Å². The summed E-state index contributed by atoms with van der Waals surface area (Å²) in [5.74, 6) is -0.379. The van der Waals surface area contributed by atoms with Crippen molar-refractivity contribution in [3.05, 3.63) is 78.1 Å². The van der Waals surface area contributed by atoms with Gasteiger partial charge in [0.15, 0.2) is 0 Å². The zero-order valence-corrected chi connectivity index (χ0v) is 19.6. The van der Waals surface area contributed by atoms with Gasteiger partial charge < -0.3 is 9.64 Å². The van der Waals surface area contributed by atoms with E-state index in [0.717, 1.165) is 16.3 Å². The van der Waals surface area contributed by atoms with Crippen molar-refractivity contribution in [2.75, 3.05) is 39.4 Å². The third-order valence-corrected chi connectivity index (χ3v) is 8.93. The Morgan fingerprint density at radius 1 is 0.853 bits per heavy atom. The van der Waals surface area contributed by atoms with Crippen molar-refractivity contribution in [2.24, 2.45) is 0 Å². The van der Waals surface area contributed by atoms with E-state index in [-0.39, 0.29) is 29.7 Å². The number of piperazine rings is 1. The highest BCUT2D eigenvalue weighted by molar-refractivity contribution is 7.89. The Hall–Kier alpha value is -2.81. The van der Waals surface area contributed by atoms with Gasteiger partial charge in [-0.25, -0.2) is 12.8 Å². The van der Waals surface area contributed by atoms with Crippen molar-refractivity contribution in [1.82, 2.24) is 9.21 Å². The first-order chi connectivity index (χ1) is 16.4. The van der Waals surface area contributed by atoms with Crippen molar-refractivity contribution in [2.45, 2.75) is 23.2 Å². The van der Waals surface area contributed by atoms with E-state index in [1.165, 1.54) is 16.4 Å². The number of carbonyl (C=O) groups excluding carboxylic acids is 1. The number of halogens is 1. The Balaban J connectivity index is 1.34. The monoisotopic (exact) mass is 482 g/mol. The molecule has 2 fully saturated rings. The van der Waals surface area contributed by atoms with E-state index in [2.05, 4.69) is 0 Å². The lowest BCUT2D eigenvalue weighted by atomic mass is 9.73. The standard InChI is InChI=1S/C26H27FN2O4S/c27-23-8-6-22(7-9-23)26(11-17-33-18-12-26)25(30)28-13-15-29(16-14-28)34(31,32)24-10-5-20-3-1-2-4-21(20)19-24/h1-10,19H,11-18H2. The minimum atomic E-state index is -3.67. The molecule has 5 rings (SSSR count). The molecular weight excluding hydrogens is 455 g/mol. The number of carbonyl (C=O) groups is 1. The van der Waals surface area contributed by atoms with Crippen molar-refractivity contribution in [3.63, 3.8) is 0 Å². The quantitative estimate of drug-likeness (QED) is 0.570. The lowest BCUT2D eigenvalue weighted by Gasteiger charge is -2.42. The molecule has 0 N–H and O–H groups in total. The molecular formula is C26H27FN2O4S. The summed E-state index contributed by atoms with van der Waals surface area (Å²) in [5, 5.41) is 1.86. The topological polar surface area (TPSA) is 66.9 Å². The van der Waals surface area contributed by atoms with Gasteiger partial charge in [0.1, 0.15) is 5.82 Å². The molecule has 6 nitrogen and oxygen atoms in total. The maximum absolute atomic E-state index is 13.7. The summed E-state index contributed by atoms with van der Waals surface area (Å²) >= 11 is 0. The molecule has 0 bridgehead atoms. The molecule has 178 valence electrons. The smallest absolute Gasteiger partial charge is 0.243 e. The van der Waals surface area contributed by atoms with Gasteiger partial charge in [0.05, 0.1) is 10.3 Å². The molecule has 2 saturated heterocycles. The van der Waals surface area contributed by atoms with Gasteiger partial charge in [0, 0.05) is 39.4 Å². The Labute approximate surface area is 199 Å². The minimum absolute atomic E-state index is 0.0369. The van der Waals surface area contributed by atoms with Crippen LogP contribution < -0.4 is 0 Å². The molecule has 1 amide bonds. The van der Waals surface area contributed by atoms with E-state index in [0.29, 0.717) is 39.1 Å². The highest BCUT2D eigenvalue weighted by atomic mass is 32.2. The van der Waals surface area contributed by atoms with Crippen molar-refractivity contribution in [3.8, 4) is 0 Å². The fourth-order valence-corrected chi connectivity index (χ4v) is 6.48. The largest absolute Gasteiger partial charge is 0.381 e. The van der Waals surface area contributed by atoms with Crippen LogP contribution in [0.15, 0.2) is 71.6 Å². The van der Waals surface area contributed by atoms with Crippen molar-refractivity contribution in [1.29, 1.82) is 0 Å². The molecule has 0 spiro atoms. The Kier molecular flexibility index (Phi) is 6.14. The molecule has 0 unspecified atom stereocenters. The minimum Gasteiger partial charge on any atom is -0.381 e. The lowest BCUT2D eigenvalue weighted by Crippen LogP contribution is -2.56. The molecule has 0 aliphatic carbocycles. The normalized spacial score (nSPS) is 19.3. The van der Waals surface area contributed by atoms with Crippen LogP contribution in [0.1, 0.15) is 18.4 Å². The average Bonchev–Trinajstić information content (AvgIpc) is 2.89.